The quantitative estimate of drug-likeness (QED) is 0.307. The highest BCUT2D eigenvalue weighted by molar-refractivity contribution is 7.57. The Hall–Kier alpha value is -3.12. The summed E-state index contributed by atoms with van der Waals surface area (Å²) in [4.78, 5) is 24.2. The highest BCUT2D eigenvalue weighted by atomic mass is 31.2. The topological polar surface area (TPSA) is 153 Å². The molecule has 0 saturated carbocycles. The van der Waals surface area contributed by atoms with Crippen LogP contribution in [-0.4, -0.2) is 56.9 Å². The summed E-state index contributed by atoms with van der Waals surface area (Å²) in [6.07, 6.45) is -1.60. The van der Waals surface area contributed by atoms with E-state index in [0.717, 1.165) is 0 Å². The molecule has 1 saturated heterocycles. The van der Waals surface area contributed by atoms with Gasteiger partial charge < -0.3 is 24.5 Å². The number of esters is 1. The Morgan fingerprint density at radius 3 is 2.86 bits per heavy atom. The number of ether oxygens (including phenoxy) is 3. The molecule has 0 bridgehead atoms. The summed E-state index contributed by atoms with van der Waals surface area (Å²) in [6, 6.07) is 7.47. The Labute approximate surface area is 200 Å². The monoisotopic (exact) mass is 508 g/mol. The van der Waals surface area contributed by atoms with E-state index in [1.807, 2.05) is 0 Å². The highest BCUT2D eigenvalue weighted by Crippen LogP contribution is 2.45. The van der Waals surface area contributed by atoms with E-state index < -0.39 is 44.6 Å². The second-order valence-electron chi connectivity index (χ2n) is 7.77. The van der Waals surface area contributed by atoms with Gasteiger partial charge in [0.2, 0.25) is 0 Å². The first kappa shape index (κ1) is 25.0. The minimum absolute atomic E-state index is 0.135. The molecule has 3 aromatic rings. The van der Waals surface area contributed by atoms with E-state index in [4.69, 9.17) is 24.5 Å². The molecule has 0 radical (unpaired) electrons. The molecular weight excluding hydrogens is 482 g/mol. The van der Waals surface area contributed by atoms with E-state index in [-0.39, 0.29) is 18.8 Å². The summed E-state index contributed by atoms with van der Waals surface area (Å²) < 4.78 is 51.9. The average molecular weight is 508 g/mol. The van der Waals surface area contributed by atoms with E-state index >= 15 is 0 Å². The van der Waals surface area contributed by atoms with Crippen LogP contribution >= 0.6 is 7.52 Å². The fraction of sp³-hybridized carbons (Fsp3) is 0.429. The van der Waals surface area contributed by atoms with Gasteiger partial charge in [-0.25, -0.2) is 24.4 Å². The molecule has 0 amide bonds. The summed E-state index contributed by atoms with van der Waals surface area (Å²) in [7, 11) is -3.80. The number of fused-ring (bicyclic) bond motifs is 1. The summed E-state index contributed by atoms with van der Waals surface area (Å²) in [5, 5.41) is 2.67. The number of anilines is 1. The van der Waals surface area contributed by atoms with Crippen LogP contribution in [0.4, 0.5) is 10.2 Å². The lowest BCUT2D eigenvalue weighted by molar-refractivity contribution is -0.145. The number of nitrogen functional groups attached to an aromatic ring is 1. The maximum atomic E-state index is 14.9. The van der Waals surface area contributed by atoms with Crippen molar-refractivity contribution in [2.24, 2.45) is 0 Å². The van der Waals surface area contributed by atoms with Crippen LogP contribution in [0.15, 0.2) is 43.0 Å². The Morgan fingerprint density at radius 1 is 1.34 bits per heavy atom. The normalized spacial score (nSPS) is 22.5. The molecule has 3 heterocycles. The van der Waals surface area contributed by atoms with Crippen LogP contribution < -0.4 is 15.3 Å². The lowest BCUT2D eigenvalue weighted by Crippen LogP contribution is -2.36. The van der Waals surface area contributed by atoms with E-state index in [0.29, 0.717) is 16.9 Å². The van der Waals surface area contributed by atoms with E-state index in [1.54, 1.807) is 37.3 Å². The fourth-order valence-electron chi connectivity index (χ4n) is 3.54. The third-order valence-corrected chi connectivity index (χ3v) is 6.91. The van der Waals surface area contributed by atoms with Gasteiger partial charge in [-0.3, -0.25) is 13.9 Å². The van der Waals surface area contributed by atoms with Crippen molar-refractivity contribution in [3.63, 3.8) is 0 Å². The zero-order valence-electron chi connectivity index (χ0n) is 19.1. The molecule has 12 nitrogen and oxygen atoms in total. The third-order valence-electron chi connectivity index (χ3n) is 5.14. The second kappa shape index (κ2) is 10.6. The Kier molecular flexibility index (Phi) is 7.60. The van der Waals surface area contributed by atoms with E-state index in [9.17, 15) is 13.8 Å². The van der Waals surface area contributed by atoms with Gasteiger partial charge in [0.15, 0.2) is 36.5 Å². The van der Waals surface area contributed by atoms with Crippen LogP contribution in [0.25, 0.3) is 11.2 Å². The number of rotatable bonds is 10. The molecule has 1 unspecified atom stereocenters. The number of para-hydroxylation sites is 1. The summed E-state index contributed by atoms with van der Waals surface area (Å²) in [5.41, 5.74) is 6.44. The van der Waals surface area contributed by atoms with Gasteiger partial charge in [-0.15, -0.1) is 0 Å². The largest absolute Gasteiger partial charge is 0.465 e. The van der Waals surface area contributed by atoms with Gasteiger partial charge in [0, 0.05) is 6.42 Å². The Balaban J connectivity index is 1.46. The van der Waals surface area contributed by atoms with Crippen LogP contribution in [-0.2, 0) is 23.6 Å². The third kappa shape index (κ3) is 5.76. The molecule has 35 heavy (non-hydrogen) atoms. The van der Waals surface area contributed by atoms with E-state index in [1.165, 1.54) is 24.1 Å². The predicted octanol–water partition coefficient (Wildman–Crippen LogP) is 2.78. The van der Waals surface area contributed by atoms with Crippen LogP contribution in [0.3, 0.4) is 0 Å². The fourth-order valence-corrected chi connectivity index (χ4v) is 5.24. The van der Waals surface area contributed by atoms with Crippen molar-refractivity contribution in [2.45, 2.75) is 45.0 Å². The summed E-state index contributed by atoms with van der Waals surface area (Å²) in [5.74, 6) is -0.131. The first-order valence-electron chi connectivity index (χ1n) is 10.9. The number of aromatic nitrogens is 4. The molecule has 1 aliphatic heterocycles. The SMILES string of the molecule is CCOC(=O)[C@H](C)N[P@](=O)(CO[C@@H]1CC(F)[C@H](n2cnc3c(N)ncnc32)O1)Oc1ccccc1. The maximum absolute atomic E-state index is 14.9. The Morgan fingerprint density at radius 2 is 2.11 bits per heavy atom. The lowest BCUT2D eigenvalue weighted by atomic mass is 10.3. The first-order valence-corrected chi connectivity index (χ1v) is 12.7. The number of hydrogen-bond acceptors (Lipinski definition) is 10. The highest BCUT2D eigenvalue weighted by Gasteiger charge is 2.40. The minimum atomic E-state index is -3.80. The molecule has 1 aliphatic rings. The van der Waals surface area contributed by atoms with Gasteiger partial charge in [0.05, 0.1) is 12.9 Å². The number of benzene rings is 1. The van der Waals surface area contributed by atoms with Crippen molar-refractivity contribution in [2.75, 3.05) is 18.7 Å². The van der Waals surface area contributed by atoms with Crippen molar-refractivity contribution < 1.29 is 32.5 Å². The molecule has 0 spiro atoms. The number of carbonyl (C=O) groups is 1. The molecular formula is C21H26FN6O6P. The van der Waals surface area contributed by atoms with Crippen LogP contribution in [0.2, 0.25) is 0 Å². The first-order chi connectivity index (χ1) is 16.8. The number of nitrogens with two attached hydrogens (primary N) is 1. The molecule has 3 N–H and O–H groups in total. The van der Waals surface area contributed by atoms with Gasteiger partial charge in [0.1, 0.15) is 23.6 Å². The van der Waals surface area contributed by atoms with Gasteiger partial charge in [-0.1, -0.05) is 18.2 Å². The molecule has 1 fully saturated rings. The van der Waals surface area contributed by atoms with Gasteiger partial charge >= 0.3 is 13.5 Å². The number of nitrogens with one attached hydrogen (secondary N) is 1. The summed E-state index contributed by atoms with van der Waals surface area (Å²) in [6.45, 7) is 3.33. The minimum Gasteiger partial charge on any atom is -0.465 e. The van der Waals surface area contributed by atoms with Crippen molar-refractivity contribution in [1.82, 2.24) is 24.6 Å². The Bertz CT molecular complexity index is 1210. The number of alkyl halides is 1. The number of nitrogens with zero attached hydrogens (tertiary/aromatic N) is 4. The van der Waals surface area contributed by atoms with Crippen LogP contribution in [0, 0.1) is 0 Å². The maximum Gasteiger partial charge on any atom is 0.342 e. The van der Waals surface area contributed by atoms with Crippen LogP contribution in [0.5, 0.6) is 5.75 Å². The van der Waals surface area contributed by atoms with Crippen LogP contribution in [0.1, 0.15) is 26.5 Å². The number of hydrogen-bond donors (Lipinski definition) is 2. The summed E-state index contributed by atoms with van der Waals surface area (Å²) >= 11 is 0. The molecule has 1 aromatic carbocycles. The standard InChI is InChI=1S/C21H26FN6O6P/c1-3-31-21(29)13(2)27-35(30,34-14-7-5-4-6-8-14)12-32-16-9-15(22)20(33-16)28-11-26-17-18(23)24-10-25-19(17)28/h4-8,10-11,13,15-16,20H,3,9,12H2,1-2H3,(H,27,30)(H2,23,24,25)/t13-,15?,16-,20+,35-/m0/s1. The lowest BCUT2D eigenvalue weighted by Gasteiger charge is -2.24. The van der Waals surface area contributed by atoms with Gasteiger partial charge in [-0.05, 0) is 26.0 Å². The molecule has 5 atom stereocenters. The smallest absolute Gasteiger partial charge is 0.342 e. The zero-order chi connectivity index (χ0) is 25.0. The van der Waals surface area contributed by atoms with Crippen molar-refractivity contribution in [3.05, 3.63) is 43.0 Å². The van der Waals surface area contributed by atoms with E-state index in [2.05, 4.69) is 20.0 Å². The average Bonchev–Trinajstić information content (AvgIpc) is 3.42. The van der Waals surface area contributed by atoms with Gasteiger partial charge in [0.25, 0.3) is 0 Å². The number of imidazole rings is 1. The molecule has 188 valence electrons. The molecule has 2 aromatic heterocycles. The molecule has 0 aliphatic carbocycles. The predicted molar refractivity (Wildman–Crippen MR) is 123 cm³/mol. The van der Waals surface area contributed by atoms with Crippen molar-refractivity contribution in [3.8, 4) is 5.75 Å². The molecule has 4 rings (SSSR count). The van der Waals surface area contributed by atoms with Gasteiger partial charge in [-0.2, -0.15) is 0 Å². The molecule has 14 heteroatoms. The number of halogens is 1. The number of carbonyl (C=O) groups excluding carboxylic acids is 1. The second-order valence-corrected chi connectivity index (χ2v) is 9.81. The zero-order valence-corrected chi connectivity index (χ0v) is 20.0. The van der Waals surface area contributed by atoms with Crippen molar-refractivity contribution >= 4 is 30.5 Å². The van der Waals surface area contributed by atoms with Crippen molar-refractivity contribution in [1.29, 1.82) is 0 Å².